The molecule has 0 saturated carbocycles. The first-order chi connectivity index (χ1) is 10.5. The van der Waals surface area contributed by atoms with Crippen molar-refractivity contribution in [3.05, 3.63) is 35.4 Å². The van der Waals surface area contributed by atoms with Crippen LogP contribution in [0, 0.1) is 11.6 Å². The van der Waals surface area contributed by atoms with E-state index in [4.69, 9.17) is 4.74 Å². The second kappa shape index (κ2) is 7.63. The maximum Gasteiger partial charge on any atom is 0.407 e. The van der Waals surface area contributed by atoms with Crippen LogP contribution in [-0.2, 0) is 11.3 Å². The Morgan fingerprint density at radius 3 is 2.43 bits per heavy atom. The molecule has 2 N–H and O–H groups in total. The molecule has 0 heterocycles. The van der Waals surface area contributed by atoms with Gasteiger partial charge >= 0.3 is 6.09 Å². The first kappa shape index (κ1) is 19.2. The Balaban J connectivity index is 2.40. The summed E-state index contributed by atoms with van der Waals surface area (Å²) >= 11 is 0. The Labute approximate surface area is 132 Å². The number of alkyl halides is 2. The third kappa shape index (κ3) is 7.83. The summed E-state index contributed by atoms with van der Waals surface area (Å²) in [5, 5.41) is 4.30. The van der Waals surface area contributed by atoms with Crippen molar-refractivity contribution in [3.63, 3.8) is 0 Å². The van der Waals surface area contributed by atoms with Crippen LogP contribution in [0.4, 0.5) is 22.4 Å². The Morgan fingerprint density at radius 1 is 1.17 bits per heavy atom. The molecule has 0 aliphatic heterocycles. The van der Waals surface area contributed by atoms with E-state index in [1.165, 1.54) is 0 Å². The fraction of sp³-hybridized carbons (Fsp3) is 0.533. The molecule has 1 amide bonds. The number of hydrogen-bond acceptors (Lipinski definition) is 3. The number of benzene rings is 1. The average molecular weight is 336 g/mol. The molecule has 0 spiro atoms. The van der Waals surface area contributed by atoms with Crippen molar-refractivity contribution < 1.29 is 27.1 Å². The minimum absolute atomic E-state index is 0.0547. The van der Waals surface area contributed by atoms with E-state index >= 15 is 0 Å². The molecule has 0 bridgehead atoms. The molecule has 1 aromatic rings. The van der Waals surface area contributed by atoms with Gasteiger partial charge in [0.15, 0.2) is 0 Å². The molecule has 0 fully saturated rings. The zero-order chi connectivity index (χ0) is 17.7. The summed E-state index contributed by atoms with van der Waals surface area (Å²) in [6.07, 6.45) is -0.951. The van der Waals surface area contributed by atoms with Gasteiger partial charge in [-0.15, -0.1) is 0 Å². The third-order valence-corrected chi connectivity index (χ3v) is 2.60. The molecular weight excluding hydrogens is 316 g/mol. The average Bonchev–Trinajstić information content (AvgIpc) is 2.39. The number of rotatable bonds is 6. The molecule has 0 aliphatic rings. The summed E-state index contributed by atoms with van der Waals surface area (Å²) < 4.78 is 58.3. The molecule has 0 unspecified atom stereocenters. The lowest BCUT2D eigenvalue weighted by molar-refractivity contribution is -0.00381. The number of amides is 1. The van der Waals surface area contributed by atoms with E-state index in [2.05, 4.69) is 5.32 Å². The summed E-state index contributed by atoms with van der Waals surface area (Å²) in [6.45, 7) is 2.84. The SMILES string of the molecule is CC(C)(C)OC(=O)NCC(F)(F)CNCc1cc(F)ccc1F. The monoisotopic (exact) mass is 336 g/mol. The second-order valence-electron chi connectivity index (χ2n) is 6.05. The van der Waals surface area contributed by atoms with Crippen LogP contribution < -0.4 is 10.6 Å². The second-order valence-corrected chi connectivity index (χ2v) is 6.05. The van der Waals surface area contributed by atoms with E-state index in [-0.39, 0.29) is 12.1 Å². The summed E-state index contributed by atoms with van der Waals surface area (Å²) in [5.41, 5.74) is -0.840. The van der Waals surface area contributed by atoms with E-state index in [9.17, 15) is 22.4 Å². The number of halogens is 4. The van der Waals surface area contributed by atoms with Crippen molar-refractivity contribution >= 4 is 6.09 Å². The van der Waals surface area contributed by atoms with Gasteiger partial charge in [0.1, 0.15) is 17.2 Å². The van der Waals surface area contributed by atoms with Gasteiger partial charge in [-0.25, -0.2) is 22.4 Å². The van der Waals surface area contributed by atoms with Crippen molar-refractivity contribution in [1.29, 1.82) is 0 Å². The maximum absolute atomic E-state index is 13.6. The lowest BCUT2D eigenvalue weighted by Gasteiger charge is -2.22. The normalized spacial score (nSPS) is 12.1. The van der Waals surface area contributed by atoms with Gasteiger partial charge in [-0.1, -0.05) is 0 Å². The summed E-state index contributed by atoms with van der Waals surface area (Å²) in [4.78, 5) is 11.3. The third-order valence-electron chi connectivity index (χ3n) is 2.60. The smallest absolute Gasteiger partial charge is 0.407 e. The molecule has 8 heteroatoms. The van der Waals surface area contributed by atoms with Gasteiger partial charge in [0.05, 0.1) is 13.1 Å². The van der Waals surface area contributed by atoms with Gasteiger partial charge < -0.3 is 15.4 Å². The number of ether oxygens (including phenoxy) is 1. The Bertz CT molecular complexity index is 545. The molecule has 0 aromatic heterocycles. The lowest BCUT2D eigenvalue weighted by Crippen LogP contribution is -2.44. The van der Waals surface area contributed by atoms with Gasteiger partial charge in [0.2, 0.25) is 0 Å². The van der Waals surface area contributed by atoms with Crippen LogP contribution in [-0.4, -0.2) is 30.7 Å². The number of alkyl carbamates (subject to hydrolysis) is 1. The first-order valence-corrected chi connectivity index (χ1v) is 6.98. The molecule has 1 rings (SSSR count). The predicted octanol–water partition coefficient (Wildman–Crippen LogP) is 3.21. The molecule has 0 atom stereocenters. The lowest BCUT2D eigenvalue weighted by atomic mass is 10.2. The van der Waals surface area contributed by atoms with E-state index in [0.29, 0.717) is 0 Å². The van der Waals surface area contributed by atoms with Gasteiger partial charge in [-0.3, -0.25) is 0 Å². The van der Waals surface area contributed by atoms with Crippen LogP contribution in [0.15, 0.2) is 18.2 Å². The number of carbonyl (C=O) groups is 1. The van der Waals surface area contributed by atoms with Gasteiger partial charge in [0.25, 0.3) is 5.92 Å². The number of carbonyl (C=O) groups excluding carboxylic acids is 1. The molecule has 0 aliphatic carbocycles. The van der Waals surface area contributed by atoms with Crippen LogP contribution in [0.3, 0.4) is 0 Å². The zero-order valence-electron chi connectivity index (χ0n) is 13.2. The Kier molecular flexibility index (Phi) is 6.37. The van der Waals surface area contributed by atoms with Gasteiger partial charge in [0, 0.05) is 12.1 Å². The fourth-order valence-corrected chi connectivity index (χ4v) is 1.64. The Hall–Kier alpha value is -1.83. The van der Waals surface area contributed by atoms with Crippen LogP contribution >= 0.6 is 0 Å². The van der Waals surface area contributed by atoms with Gasteiger partial charge in [-0.05, 0) is 39.0 Å². The highest BCUT2D eigenvalue weighted by molar-refractivity contribution is 5.67. The van der Waals surface area contributed by atoms with Crippen molar-refractivity contribution in [2.24, 2.45) is 0 Å². The van der Waals surface area contributed by atoms with Crippen LogP contribution in [0.5, 0.6) is 0 Å². The van der Waals surface area contributed by atoms with Crippen LogP contribution in [0.2, 0.25) is 0 Å². The minimum Gasteiger partial charge on any atom is -0.444 e. The molecule has 1 aromatic carbocycles. The molecular formula is C15H20F4N2O2. The van der Waals surface area contributed by atoms with Crippen LogP contribution in [0.1, 0.15) is 26.3 Å². The summed E-state index contributed by atoms with van der Waals surface area (Å²) in [7, 11) is 0. The Morgan fingerprint density at radius 2 is 1.83 bits per heavy atom. The highest BCUT2D eigenvalue weighted by Gasteiger charge is 2.30. The van der Waals surface area contributed by atoms with Crippen molar-refractivity contribution in [2.75, 3.05) is 13.1 Å². The standard InChI is InChI=1S/C15H20F4N2O2/c1-14(2,3)23-13(22)21-9-15(18,19)8-20-7-10-6-11(16)4-5-12(10)17/h4-6,20H,7-9H2,1-3H3,(H,21,22). The van der Waals surface area contributed by atoms with Crippen molar-refractivity contribution in [1.82, 2.24) is 10.6 Å². The summed E-state index contributed by atoms with van der Waals surface area (Å²) in [5.74, 6) is -4.60. The van der Waals surface area contributed by atoms with E-state index in [0.717, 1.165) is 18.2 Å². The number of nitrogens with one attached hydrogen (secondary N) is 2. The fourth-order valence-electron chi connectivity index (χ4n) is 1.64. The van der Waals surface area contributed by atoms with E-state index in [1.807, 2.05) is 5.32 Å². The highest BCUT2D eigenvalue weighted by atomic mass is 19.3. The predicted molar refractivity (Wildman–Crippen MR) is 77.2 cm³/mol. The quantitative estimate of drug-likeness (QED) is 0.785. The largest absolute Gasteiger partial charge is 0.444 e. The zero-order valence-corrected chi connectivity index (χ0v) is 13.2. The molecule has 4 nitrogen and oxygen atoms in total. The van der Waals surface area contributed by atoms with Gasteiger partial charge in [-0.2, -0.15) is 0 Å². The van der Waals surface area contributed by atoms with Crippen LogP contribution in [0.25, 0.3) is 0 Å². The topological polar surface area (TPSA) is 50.4 Å². The molecule has 23 heavy (non-hydrogen) atoms. The summed E-state index contributed by atoms with van der Waals surface area (Å²) in [6, 6.07) is 2.80. The van der Waals surface area contributed by atoms with E-state index < -0.39 is 42.3 Å². The van der Waals surface area contributed by atoms with E-state index in [1.54, 1.807) is 20.8 Å². The first-order valence-electron chi connectivity index (χ1n) is 6.98. The minimum atomic E-state index is -3.26. The molecule has 0 saturated heterocycles. The molecule has 0 radical (unpaired) electrons. The van der Waals surface area contributed by atoms with Crippen molar-refractivity contribution in [2.45, 2.75) is 38.8 Å². The molecule has 130 valence electrons. The maximum atomic E-state index is 13.6. The number of hydrogen-bond donors (Lipinski definition) is 2. The van der Waals surface area contributed by atoms with Crippen molar-refractivity contribution in [3.8, 4) is 0 Å². The highest BCUT2D eigenvalue weighted by Crippen LogP contribution is 2.13.